The van der Waals surface area contributed by atoms with Gasteiger partial charge in [0.25, 0.3) is 5.91 Å². The highest BCUT2D eigenvalue weighted by molar-refractivity contribution is 7.93. The summed E-state index contributed by atoms with van der Waals surface area (Å²) in [5.74, 6) is -0.0399. The van der Waals surface area contributed by atoms with E-state index in [1.807, 2.05) is 61.7 Å². The van der Waals surface area contributed by atoms with Crippen molar-refractivity contribution in [1.29, 1.82) is 5.26 Å². The van der Waals surface area contributed by atoms with Crippen LogP contribution in [0.5, 0.6) is 5.75 Å². The number of nitrogens with one attached hydrogen (secondary N) is 1. The predicted octanol–water partition coefficient (Wildman–Crippen LogP) is 3.68. The summed E-state index contributed by atoms with van der Waals surface area (Å²) in [6.07, 6.45) is 1.49. The molecule has 0 radical (unpaired) electrons. The summed E-state index contributed by atoms with van der Waals surface area (Å²) < 4.78 is 31.1. The molecule has 0 bridgehead atoms. The van der Waals surface area contributed by atoms with Crippen LogP contribution in [0.2, 0.25) is 0 Å². The monoisotopic (exact) mass is 485 g/mol. The number of hydrogen-bond acceptors (Lipinski definition) is 8. The van der Waals surface area contributed by atoms with E-state index in [2.05, 4.69) is 15.5 Å². The van der Waals surface area contributed by atoms with Crippen LogP contribution in [0, 0.1) is 25.2 Å². The summed E-state index contributed by atoms with van der Waals surface area (Å²) in [6.45, 7) is 7.84. The standard InChI is InChI=1S/C22H23N5O4S2/c1-5-31-19-9-7-18(8-10-19)27-14(3)11-16(15(27)4)12-17(13-23)20(28)24-21-25-26-22(32-21)33(29,30)6-2/h7-12H,5-6H2,1-4H3,(H,24,25,28). The molecule has 0 unspecified atom stereocenters. The Balaban J connectivity index is 1.86. The highest BCUT2D eigenvalue weighted by Gasteiger charge is 2.20. The largest absolute Gasteiger partial charge is 0.494 e. The molecule has 0 spiro atoms. The van der Waals surface area contributed by atoms with Crippen LogP contribution >= 0.6 is 11.3 Å². The highest BCUT2D eigenvalue weighted by atomic mass is 32.2. The SMILES string of the molecule is CCOc1ccc(-n2c(C)cc(C=C(C#N)C(=O)Nc3nnc(S(=O)(=O)CC)s3)c2C)cc1. The number of aromatic nitrogens is 3. The number of aryl methyl sites for hydroxylation is 1. The molecule has 0 saturated heterocycles. The molecule has 0 fully saturated rings. The molecule has 9 nitrogen and oxygen atoms in total. The average Bonchev–Trinajstić information content (AvgIpc) is 3.37. The molecule has 2 aromatic heterocycles. The third kappa shape index (κ3) is 5.30. The van der Waals surface area contributed by atoms with E-state index < -0.39 is 15.7 Å². The molecule has 2 heterocycles. The molecule has 0 aliphatic rings. The maximum atomic E-state index is 12.6. The van der Waals surface area contributed by atoms with E-state index in [0.717, 1.165) is 34.2 Å². The fourth-order valence-electron chi connectivity index (χ4n) is 3.17. The van der Waals surface area contributed by atoms with Gasteiger partial charge in [0.15, 0.2) is 0 Å². The molecule has 172 valence electrons. The molecule has 0 saturated carbocycles. The number of amides is 1. The zero-order valence-electron chi connectivity index (χ0n) is 18.6. The highest BCUT2D eigenvalue weighted by Crippen LogP contribution is 2.25. The van der Waals surface area contributed by atoms with Gasteiger partial charge in [-0.15, -0.1) is 10.2 Å². The summed E-state index contributed by atoms with van der Waals surface area (Å²) in [6, 6.07) is 11.4. The van der Waals surface area contributed by atoms with Crippen LogP contribution < -0.4 is 10.1 Å². The van der Waals surface area contributed by atoms with Gasteiger partial charge in [-0.25, -0.2) is 8.42 Å². The summed E-state index contributed by atoms with van der Waals surface area (Å²) in [4.78, 5) is 12.6. The Morgan fingerprint density at radius 1 is 1.24 bits per heavy atom. The Hall–Kier alpha value is -3.49. The first-order valence-electron chi connectivity index (χ1n) is 10.1. The first kappa shape index (κ1) is 24.2. The van der Waals surface area contributed by atoms with E-state index in [9.17, 15) is 18.5 Å². The van der Waals surface area contributed by atoms with E-state index in [-0.39, 0.29) is 20.8 Å². The van der Waals surface area contributed by atoms with Crippen LogP contribution in [0.25, 0.3) is 11.8 Å². The summed E-state index contributed by atoms with van der Waals surface area (Å²) in [5.41, 5.74) is 3.27. The van der Waals surface area contributed by atoms with Crippen LogP contribution in [0.3, 0.4) is 0 Å². The molecule has 1 N–H and O–H groups in total. The third-order valence-corrected chi connectivity index (χ3v) is 7.83. The van der Waals surface area contributed by atoms with Gasteiger partial charge in [0, 0.05) is 17.1 Å². The molecule has 1 aromatic carbocycles. The number of sulfone groups is 1. The molecular weight excluding hydrogens is 462 g/mol. The lowest BCUT2D eigenvalue weighted by atomic mass is 10.1. The van der Waals surface area contributed by atoms with Crippen molar-refractivity contribution in [3.05, 3.63) is 52.9 Å². The average molecular weight is 486 g/mol. The van der Waals surface area contributed by atoms with Gasteiger partial charge in [-0.3, -0.25) is 10.1 Å². The van der Waals surface area contributed by atoms with Crippen molar-refractivity contribution in [2.75, 3.05) is 17.7 Å². The van der Waals surface area contributed by atoms with E-state index in [1.165, 1.54) is 13.0 Å². The number of nitriles is 1. The Labute approximate surface area is 196 Å². The van der Waals surface area contributed by atoms with Crippen LogP contribution in [0.15, 0.2) is 40.2 Å². The Morgan fingerprint density at radius 2 is 1.94 bits per heavy atom. The van der Waals surface area contributed by atoms with Gasteiger partial charge in [0.1, 0.15) is 17.4 Å². The van der Waals surface area contributed by atoms with Crippen LogP contribution in [0.4, 0.5) is 5.13 Å². The molecule has 11 heteroatoms. The van der Waals surface area contributed by atoms with E-state index >= 15 is 0 Å². The lowest BCUT2D eigenvalue weighted by Gasteiger charge is -2.11. The summed E-state index contributed by atoms with van der Waals surface area (Å²) >= 11 is 0.745. The number of carbonyl (C=O) groups excluding carboxylic acids is 1. The smallest absolute Gasteiger partial charge is 0.268 e. The molecular formula is C22H23N5O4S2. The zero-order chi connectivity index (χ0) is 24.2. The van der Waals surface area contributed by atoms with Crippen molar-refractivity contribution < 1.29 is 17.9 Å². The lowest BCUT2D eigenvalue weighted by molar-refractivity contribution is -0.112. The fourth-order valence-corrected chi connectivity index (χ4v) is 5.15. The van der Waals surface area contributed by atoms with E-state index in [0.29, 0.717) is 12.2 Å². The minimum Gasteiger partial charge on any atom is -0.494 e. The van der Waals surface area contributed by atoms with Crippen molar-refractivity contribution >= 4 is 38.3 Å². The fraction of sp³-hybridized carbons (Fsp3) is 0.273. The van der Waals surface area contributed by atoms with Crippen LogP contribution in [-0.2, 0) is 14.6 Å². The van der Waals surface area contributed by atoms with Gasteiger partial charge < -0.3 is 9.30 Å². The van der Waals surface area contributed by atoms with Crippen LogP contribution in [0.1, 0.15) is 30.8 Å². The number of benzene rings is 1. The molecule has 0 atom stereocenters. The number of anilines is 1. The van der Waals surface area contributed by atoms with Crippen molar-refractivity contribution in [3.63, 3.8) is 0 Å². The van der Waals surface area contributed by atoms with Crippen molar-refractivity contribution in [2.24, 2.45) is 0 Å². The van der Waals surface area contributed by atoms with Gasteiger partial charge in [-0.05, 0) is 62.7 Å². The maximum Gasteiger partial charge on any atom is 0.268 e. The second kappa shape index (κ2) is 9.97. The van der Waals surface area contributed by atoms with Gasteiger partial charge in [0.05, 0.1) is 12.4 Å². The number of hydrogen-bond donors (Lipinski definition) is 1. The number of rotatable bonds is 8. The zero-order valence-corrected chi connectivity index (χ0v) is 20.2. The van der Waals surface area contributed by atoms with Gasteiger partial charge >= 0.3 is 0 Å². The first-order valence-corrected chi connectivity index (χ1v) is 12.6. The Bertz CT molecular complexity index is 1350. The summed E-state index contributed by atoms with van der Waals surface area (Å²) in [7, 11) is -3.52. The van der Waals surface area contributed by atoms with Gasteiger partial charge in [-0.1, -0.05) is 18.3 Å². The third-order valence-electron chi connectivity index (χ3n) is 4.81. The topological polar surface area (TPSA) is 127 Å². The number of carbonyl (C=O) groups is 1. The number of nitrogens with zero attached hydrogens (tertiary/aromatic N) is 4. The van der Waals surface area contributed by atoms with E-state index in [4.69, 9.17) is 4.74 Å². The molecule has 3 rings (SSSR count). The normalized spacial score (nSPS) is 11.8. The van der Waals surface area contributed by atoms with Crippen molar-refractivity contribution in [3.8, 4) is 17.5 Å². The molecule has 33 heavy (non-hydrogen) atoms. The van der Waals surface area contributed by atoms with E-state index in [1.54, 1.807) is 0 Å². The lowest BCUT2D eigenvalue weighted by Crippen LogP contribution is -2.13. The van der Waals surface area contributed by atoms with Crippen molar-refractivity contribution in [2.45, 2.75) is 32.0 Å². The molecule has 0 aliphatic heterocycles. The van der Waals surface area contributed by atoms with Crippen LogP contribution in [-0.4, -0.2) is 41.4 Å². The molecule has 3 aromatic rings. The predicted molar refractivity (Wildman–Crippen MR) is 126 cm³/mol. The van der Waals surface area contributed by atoms with Crippen molar-refractivity contribution in [1.82, 2.24) is 14.8 Å². The minimum absolute atomic E-state index is 0.00744. The Kier molecular flexibility index (Phi) is 7.30. The first-order chi connectivity index (χ1) is 15.7. The molecule has 1 amide bonds. The second-order valence-electron chi connectivity index (χ2n) is 6.99. The second-order valence-corrected chi connectivity index (χ2v) is 10.4. The van der Waals surface area contributed by atoms with Gasteiger partial charge in [-0.2, -0.15) is 5.26 Å². The minimum atomic E-state index is -3.52. The summed E-state index contributed by atoms with van der Waals surface area (Å²) in [5, 5.41) is 19.3. The molecule has 0 aliphatic carbocycles. The van der Waals surface area contributed by atoms with Gasteiger partial charge in [0.2, 0.25) is 19.3 Å². The number of ether oxygens (including phenoxy) is 1. The maximum absolute atomic E-state index is 12.6. The quantitative estimate of drug-likeness (QED) is 0.293. The Morgan fingerprint density at radius 3 is 2.55 bits per heavy atom.